The van der Waals surface area contributed by atoms with Crippen molar-refractivity contribution in [3.63, 3.8) is 0 Å². The SMILES string of the molecule is CC/C=C\C/C=C\C/C=C\C/C=C\CCCCC(=O)OC(COC(=O)CCCCCCC/C=C\C/C=C\CCCCC)COP(=O)(O)OCC(CO)OC(=O)CCCCCCC/C=C\CCCC. The molecule has 0 radical (unpaired) electrons. The van der Waals surface area contributed by atoms with E-state index in [9.17, 15) is 28.9 Å². The molecule has 0 aliphatic heterocycles. The third-order valence-corrected chi connectivity index (χ3v) is 11.7. The summed E-state index contributed by atoms with van der Waals surface area (Å²) in [4.78, 5) is 48.3. The van der Waals surface area contributed by atoms with Gasteiger partial charge in [0.25, 0.3) is 0 Å². The molecule has 0 saturated carbocycles. The fourth-order valence-electron chi connectivity index (χ4n) is 6.71. The van der Waals surface area contributed by atoms with Gasteiger partial charge in [0.15, 0.2) is 6.10 Å². The van der Waals surface area contributed by atoms with Crippen LogP contribution in [0.4, 0.5) is 0 Å². The molecule has 0 bridgehead atoms. The largest absolute Gasteiger partial charge is 0.472 e. The van der Waals surface area contributed by atoms with Crippen molar-refractivity contribution in [1.29, 1.82) is 0 Å². The highest BCUT2D eigenvalue weighted by molar-refractivity contribution is 7.47. The van der Waals surface area contributed by atoms with Crippen molar-refractivity contribution in [1.82, 2.24) is 0 Å². The predicted octanol–water partition coefficient (Wildman–Crippen LogP) is 15.1. The summed E-state index contributed by atoms with van der Waals surface area (Å²) in [5.74, 6) is -1.55. The predicted molar refractivity (Wildman–Crippen MR) is 279 cm³/mol. The first-order valence-electron chi connectivity index (χ1n) is 26.5. The van der Waals surface area contributed by atoms with Crippen molar-refractivity contribution >= 4 is 25.7 Å². The monoisotopic (exact) mass is 975 g/mol. The van der Waals surface area contributed by atoms with Crippen LogP contribution >= 0.6 is 7.82 Å². The lowest BCUT2D eigenvalue weighted by molar-refractivity contribution is -0.161. The highest BCUT2D eigenvalue weighted by Gasteiger charge is 2.28. The minimum atomic E-state index is -4.76. The van der Waals surface area contributed by atoms with E-state index >= 15 is 0 Å². The second kappa shape index (κ2) is 50.1. The van der Waals surface area contributed by atoms with E-state index in [2.05, 4.69) is 106 Å². The smallest absolute Gasteiger partial charge is 0.462 e. The van der Waals surface area contributed by atoms with Crippen LogP contribution in [-0.4, -0.2) is 66.5 Å². The highest BCUT2D eigenvalue weighted by Crippen LogP contribution is 2.43. The fraction of sp³-hybridized carbons (Fsp3) is 0.696. The number of rotatable bonds is 48. The second-order valence-corrected chi connectivity index (χ2v) is 18.8. The summed E-state index contributed by atoms with van der Waals surface area (Å²) in [6.07, 6.45) is 55.5. The molecule has 0 aromatic rings. The summed E-state index contributed by atoms with van der Waals surface area (Å²) in [6.45, 7) is 4.37. The first-order chi connectivity index (χ1) is 33.2. The molecule has 0 aromatic heterocycles. The van der Waals surface area contributed by atoms with Crippen LogP contribution in [0.3, 0.4) is 0 Å². The molecule has 11 nitrogen and oxygen atoms in total. The first-order valence-corrected chi connectivity index (χ1v) is 28.0. The molecule has 3 atom stereocenters. The molecule has 12 heteroatoms. The third kappa shape index (κ3) is 47.7. The Balaban J connectivity index is 4.85. The number of aliphatic hydroxyl groups is 1. The molecule has 0 aliphatic rings. The van der Waals surface area contributed by atoms with E-state index in [1.165, 1.54) is 32.1 Å². The molecule has 0 spiro atoms. The van der Waals surface area contributed by atoms with Crippen molar-refractivity contribution in [2.45, 2.75) is 226 Å². The van der Waals surface area contributed by atoms with Gasteiger partial charge in [-0.15, -0.1) is 0 Å². The van der Waals surface area contributed by atoms with E-state index in [1.54, 1.807) is 0 Å². The Morgan fingerprint density at radius 3 is 1.26 bits per heavy atom. The lowest BCUT2D eigenvalue weighted by atomic mass is 10.1. The first kappa shape index (κ1) is 64.7. The lowest BCUT2D eigenvalue weighted by Crippen LogP contribution is -2.30. The maximum Gasteiger partial charge on any atom is 0.472 e. The molecule has 0 amide bonds. The van der Waals surface area contributed by atoms with Crippen molar-refractivity contribution < 1.29 is 52.2 Å². The van der Waals surface area contributed by atoms with Crippen molar-refractivity contribution in [2.75, 3.05) is 26.4 Å². The Bertz CT molecular complexity index is 1460. The summed E-state index contributed by atoms with van der Waals surface area (Å²) in [5, 5.41) is 9.76. The standard InChI is InChI=1S/C56H95O11P/c1-4-7-10-13-16-19-22-24-26-28-31-33-36-39-42-45-54(58)63-49-53(67-56(60)47-44-41-38-35-32-29-27-25-23-20-17-14-11-8-5-2)51-65-68(61,62)64-50-52(48-57)66-55(59)46-43-40-37-34-30-21-18-15-12-9-6-3/h8,11,15-20,24-27,32,35,52-53,57H,4-7,9-10,12-14,21-23,28-31,33-34,36-51H2,1-3H3,(H,61,62)/b11-8-,18-15-,19-16-,20-17-,26-24-,27-25-,35-32-. The Labute approximate surface area is 413 Å². The summed E-state index contributed by atoms with van der Waals surface area (Å²) < 4.78 is 39.3. The van der Waals surface area contributed by atoms with Gasteiger partial charge in [-0.3, -0.25) is 23.4 Å². The Morgan fingerprint density at radius 1 is 0.426 bits per heavy atom. The van der Waals surface area contributed by atoms with Crippen LogP contribution in [0, 0.1) is 0 Å². The van der Waals surface area contributed by atoms with Crippen LogP contribution < -0.4 is 0 Å². The number of ether oxygens (including phenoxy) is 3. The molecule has 68 heavy (non-hydrogen) atoms. The van der Waals surface area contributed by atoms with E-state index in [4.69, 9.17) is 23.3 Å². The van der Waals surface area contributed by atoms with Crippen molar-refractivity contribution in [3.8, 4) is 0 Å². The van der Waals surface area contributed by atoms with Crippen LogP contribution in [0.5, 0.6) is 0 Å². The maximum atomic E-state index is 12.8. The Morgan fingerprint density at radius 2 is 0.779 bits per heavy atom. The highest BCUT2D eigenvalue weighted by atomic mass is 31.2. The van der Waals surface area contributed by atoms with Gasteiger partial charge < -0.3 is 24.2 Å². The normalized spacial score (nSPS) is 14.1. The van der Waals surface area contributed by atoms with Gasteiger partial charge in [-0.25, -0.2) is 4.57 Å². The van der Waals surface area contributed by atoms with Crippen LogP contribution in [0.1, 0.15) is 213 Å². The number of esters is 3. The van der Waals surface area contributed by atoms with Crippen molar-refractivity contribution in [3.05, 3.63) is 85.1 Å². The molecule has 2 N–H and O–H groups in total. The molecular formula is C56H95O11P. The number of phosphoric acid groups is 1. The fourth-order valence-corrected chi connectivity index (χ4v) is 7.49. The van der Waals surface area contributed by atoms with Gasteiger partial charge >= 0.3 is 25.7 Å². The van der Waals surface area contributed by atoms with Gasteiger partial charge in [-0.2, -0.15) is 0 Å². The van der Waals surface area contributed by atoms with Gasteiger partial charge in [0, 0.05) is 19.3 Å². The minimum Gasteiger partial charge on any atom is -0.462 e. The van der Waals surface area contributed by atoms with Crippen LogP contribution in [-0.2, 0) is 42.2 Å². The van der Waals surface area contributed by atoms with E-state index in [0.717, 1.165) is 122 Å². The molecule has 0 aromatic carbocycles. The Kier molecular flexibility index (Phi) is 47.6. The van der Waals surface area contributed by atoms with Gasteiger partial charge in [-0.1, -0.05) is 170 Å². The van der Waals surface area contributed by atoms with Gasteiger partial charge in [0.05, 0.1) is 19.8 Å². The second-order valence-electron chi connectivity index (χ2n) is 17.3. The summed E-state index contributed by atoms with van der Waals surface area (Å²) >= 11 is 0. The average Bonchev–Trinajstić information content (AvgIpc) is 3.32. The number of hydrogen-bond acceptors (Lipinski definition) is 10. The average molecular weight is 975 g/mol. The van der Waals surface area contributed by atoms with Crippen LogP contribution in [0.15, 0.2) is 85.1 Å². The molecule has 3 unspecified atom stereocenters. The van der Waals surface area contributed by atoms with E-state index < -0.39 is 57.8 Å². The number of unbranched alkanes of at least 4 members (excludes halogenated alkanes) is 17. The zero-order chi connectivity index (χ0) is 49.9. The van der Waals surface area contributed by atoms with Crippen LogP contribution in [0.25, 0.3) is 0 Å². The van der Waals surface area contributed by atoms with Crippen molar-refractivity contribution in [2.24, 2.45) is 0 Å². The number of carbonyl (C=O) groups excluding carboxylic acids is 3. The number of allylic oxidation sites excluding steroid dienone is 14. The number of carbonyl (C=O) groups is 3. The molecule has 0 rings (SSSR count). The molecular weight excluding hydrogens is 880 g/mol. The van der Waals surface area contributed by atoms with Crippen LogP contribution in [0.2, 0.25) is 0 Å². The summed E-state index contributed by atoms with van der Waals surface area (Å²) in [5.41, 5.74) is 0. The topological polar surface area (TPSA) is 155 Å². The van der Waals surface area contributed by atoms with E-state index in [1.807, 2.05) is 0 Å². The number of phosphoric ester groups is 1. The van der Waals surface area contributed by atoms with Gasteiger partial charge in [-0.05, 0) is 109 Å². The molecule has 0 heterocycles. The zero-order valence-electron chi connectivity index (χ0n) is 42.8. The van der Waals surface area contributed by atoms with Gasteiger partial charge in [0.2, 0.25) is 0 Å². The quantitative estimate of drug-likeness (QED) is 0.0197. The zero-order valence-corrected chi connectivity index (χ0v) is 43.7. The lowest BCUT2D eigenvalue weighted by Gasteiger charge is -2.21. The number of aliphatic hydroxyl groups excluding tert-OH is 1. The van der Waals surface area contributed by atoms with Gasteiger partial charge in [0.1, 0.15) is 12.7 Å². The number of hydrogen-bond donors (Lipinski definition) is 2. The summed E-state index contributed by atoms with van der Waals surface area (Å²) in [7, 11) is -4.76. The summed E-state index contributed by atoms with van der Waals surface area (Å²) in [6, 6.07) is 0. The van der Waals surface area contributed by atoms with E-state index in [-0.39, 0.29) is 25.9 Å². The minimum absolute atomic E-state index is 0.109. The molecule has 390 valence electrons. The van der Waals surface area contributed by atoms with E-state index in [0.29, 0.717) is 19.3 Å². The molecule has 0 fully saturated rings. The Hall–Kier alpha value is -3.34. The maximum absolute atomic E-state index is 12.8. The molecule has 0 saturated heterocycles. The third-order valence-electron chi connectivity index (χ3n) is 10.8. The molecule has 0 aliphatic carbocycles.